The second-order valence-electron chi connectivity index (χ2n) is 6.03. The lowest BCUT2D eigenvalue weighted by Gasteiger charge is -2.19. The predicted molar refractivity (Wildman–Crippen MR) is 85.8 cm³/mol. The summed E-state index contributed by atoms with van der Waals surface area (Å²) in [6.45, 7) is 5.56. The summed E-state index contributed by atoms with van der Waals surface area (Å²) in [5.74, 6) is 0.540. The fraction of sp³-hybridized carbons (Fsp3) is 0.333. The molecule has 2 rings (SSSR count). The Morgan fingerprint density at radius 3 is 2.36 bits per heavy atom. The van der Waals surface area contributed by atoms with E-state index >= 15 is 0 Å². The van der Waals surface area contributed by atoms with E-state index < -0.39 is 5.60 Å². The molecule has 1 aromatic carbocycles. The average molecular weight is 299 g/mol. The molecule has 116 valence electrons. The van der Waals surface area contributed by atoms with Gasteiger partial charge in [0.15, 0.2) is 0 Å². The lowest BCUT2D eigenvalue weighted by atomic mass is 10.1. The van der Waals surface area contributed by atoms with Gasteiger partial charge in [0.05, 0.1) is 19.2 Å². The minimum atomic E-state index is -0.481. The van der Waals surface area contributed by atoms with Gasteiger partial charge in [0, 0.05) is 6.20 Å². The molecule has 4 nitrogen and oxygen atoms in total. The summed E-state index contributed by atoms with van der Waals surface area (Å²) < 4.78 is 10.5. The smallest absolute Gasteiger partial charge is 0.312 e. The summed E-state index contributed by atoms with van der Waals surface area (Å²) in [6.07, 6.45) is 1.88. The van der Waals surface area contributed by atoms with Crippen molar-refractivity contribution in [2.24, 2.45) is 0 Å². The maximum absolute atomic E-state index is 11.9. The predicted octanol–water partition coefficient (Wildman–Crippen LogP) is 3.64. The van der Waals surface area contributed by atoms with Crippen LogP contribution in [0.3, 0.4) is 0 Å². The molecule has 22 heavy (non-hydrogen) atoms. The number of esters is 1. The number of pyridine rings is 1. The summed E-state index contributed by atoms with van der Waals surface area (Å²) in [5.41, 5.74) is 2.28. The Morgan fingerprint density at radius 1 is 1.09 bits per heavy atom. The third kappa shape index (κ3) is 4.58. The SMILES string of the molecule is COc1ccc(-c2ccnc(CC(=O)OC(C)(C)C)c2)cc1. The summed E-state index contributed by atoms with van der Waals surface area (Å²) in [4.78, 5) is 16.1. The van der Waals surface area contributed by atoms with Crippen LogP contribution in [0.15, 0.2) is 42.6 Å². The fourth-order valence-electron chi connectivity index (χ4n) is 2.06. The van der Waals surface area contributed by atoms with Gasteiger partial charge in [0.25, 0.3) is 0 Å². The van der Waals surface area contributed by atoms with E-state index in [2.05, 4.69) is 4.98 Å². The highest BCUT2D eigenvalue weighted by Gasteiger charge is 2.17. The van der Waals surface area contributed by atoms with Gasteiger partial charge in [-0.1, -0.05) is 12.1 Å². The highest BCUT2D eigenvalue weighted by molar-refractivity contribution is 5.73. The van der Waals surface area contributed by atoms with Crippen LogP contribution in [0.25, 0.3) is 11.1 Å². The zero-order chi connectivity index (χ0) is 16.2. The number of hydrogen-bond donors (Lipinski definition) is 0. The lowest BCUT2D eigenvalue weighted by Crippen LogP contribution is -2.25. The molecular formula is C18H21NO3. The van der Waals surface area contributed by atoms with Crippen LogP contribution in [0.5, 0.6) is 5.75 Å². The van der Waals surface area contributed by atoms with E-state index in [0.717, 1.165) is 16.9 Å². The molecule has 0 spiro atoms. The van der Waals surface area contributed by atoms with Crippen LogP contribution in [-0.2, 0) is 16.0 Å². The standard InChI is InChI=1S/C18H21NO3/c1-18(2,3)22-17(20)12-15-11-14(9-10-19-15)13-5-7-16(21-4)8-6-13/h5-11H,12H2,1-4H3. The maximum Gasteiger partial charge on any atom is 0.312 e. The van der Waals surface area contributed by atoms with Crippen LogP contribution in [0, 0.1) is 0 Å². The second kappa shape index (κ2) is 6.60. The average Bonchev–Trinajstić information content (AvgIpc) is 2.45. The van der Waals surface area contributed by atoms with Crippen molar-refractivity contribution >= 4 is 5.97 Å². The first kappa shape index (κ1) is 16.0. The van der Waals surface area contributed by atoms with E-state index in [0.29, 0.717) is 5.69 Å². The van der Waals surface area contributed by atoms with Gasteiger partial charge >= 0.3 is 5.97 Å². The molecule has 0 bridgehead atoms. The molecule has 0 atom stereocenters. The Kier molecular flexibility index (Phi) is 4.81. The van der Waals surface area contributed by atoms with Crippen molar-refractivity contribution in [1.82, 2.24) is 4.98 Å². The third-order valence-corrected chi connectivity index (χ3v) is 2.99. The highest BCUT2D eigenvalue weighted by atomic mass is 16.6. The van der Waals surface area contributed by atoms with Crippen LogP contribution in [0.1, 0.15) is 26.5 Å². The van der Waals surface area contributed by atoms with Crippen LogP contribution in [0.2, 0.25) is 0 Å². The van der Waals surface area contributed by atoms with Crippen molar-refractivity contribution < 1.29 is 14.3 Å². The van der Waals surface area contributed by atoms with Gasteiger partial charge in [-0.15, -0.1) is 0 Å². The zero-order valence-electron chi connectivity index (χ0n) is 13.4. The number of aromatic nitrogens is 1. The Bertz CT molecular complexity index is 642. The first-order valence-corrected chi connectivity index (χ1v) is 7.18. The van der Waals surface area contributed by atoms with Crippen LogP contribution >= 0.6 is 0 Å². The molecule has 2 aromatic rings. The van der Waals surface area contributed by atoms with E-state index in [1.165, 1.54) is 0 Å². The monoisotopic (exact) mass is 299 g/mol. The van der Waals surface area contributed by atoms with Crippen molar-refractivity contribution in [3.63, 3.8) is 0 Å². The number of methoxy groups -OCH3 is 1. The molecule has 1 heterocycles. The van der Waals surface area contributed by atoms with E-state index in [1.807, 2.05) is 57.2 Å². The minimum absolute atomic E-state index is 0.168. The molecular weight excluding hydrogens is 278 g/mol. The molecule has 0 amide bonds. The maximum atomic E-state index is 11.9. The molecule has 0 N–H and O–H groups in total. The van der Waals surface area contributed by atoms with E-state index in [4.69, 9.17) is 9.47 Å². The second-order valence-corrected chi connectivity index (χ2v) is 6.03. The molecule has 0 unspecified atom stereocenters. The number of ether oxygens (including phenoxy) is 2. The quantitative estimate of drug-likeness (QED) is 0.809. The van der Waals surface area contributed by atoms with Crippen molar-refractivity contribution in [3.05, 3.63) is 48.3 Å². The molecule has 0 saturated carbocycles. The number of hydrogen-bond acceptors (Lipinski definition) is 4. The fourth-order valence-corrected chi connectivity index (χ4v) is 2.06. The molecule has 0 aliphatic rings. The van der Waals surface area contributed by atoms with Crippen LogP contribution in [0.4, 0.5) is 0 Å². The number of nitrogens with zero attached hydrogens (tertiary/aromatic N) is 1. The molecule has 1 aromatic heterocycles. The van der Waals surface area contributed by atoms with Crippen LogP contribution < -0.4 is 4.74 Å². The van der Waals surface area contributed by atoms with Crippen LogP contribution in [-0.4, -0.2) is 23.7 Å². The molecule has 0 aliphatic carbocycles. The minimum Gasteiger partial charge on any atom is -0.497 e. The Balaban J connectivity index is 2.14. The summed E-state index contributed by atoms with van der Waals surface area (Å²) in [5, 5.41) is 0. The normalized spacial score (nSPS) is 11.1. The van der Waals surface area contributed by atoms with Gasteiger partial charge in [0.2, 0.25) is 0 Å². The first-order chi connectivity index (χ1) is 10.4. The topological polar surface area (TPSA) is 48.4 Å². The van der Waals surface area contributed by atoms with E-state index in [9.17, 15) is 4.79 Å². The van der Waals surface area contributed by atoms with Gasteiger partial charge in [0.1, 0.15) is 11.4 Å². The van der Waals surface area contributed by atoms with Gasteiger partial charge < -0.3 is 9.47 Å². The van der Waals surface area contributed by atoms with Crippen molar-refractivity contribution in [2.45, 2.75) is 32.8 Å². The lowest BCUT2D eigenvalue weighted by molar-refractivity contribution is -0.153. The zero-order valence-corrected chi connectivity index (χ0v) is 13.4. The molecule has 0 saturated heterocycles. The van der Waals surface area contributed by atoms with E-state index in [1.54, 1.807) is 13.3 Å². The number of benzene rings is 1. The van der Waals surface area contributed by atoms with Crippen molar-refractivity contribution in [3.8, 4) is 16.9 Å². The van der Waals surface area contributed by atoms with Gasteiger partial charge in [-0.2, -0.15) is 0 Å². The van der Waals surface area contributed by atoms with Gasteiger partial charge in [-0.05, 0) is 56.2 Å². The summed E-state index contributed by atoms with van der Waals surface area (Å²) >= 11 is 0. The molecule has 0 radical (unpaired) electrons. The number of carbonyl (C=O) groups is 1. The highest BCUT2D eigenvalue weighted by Crippen LogP contribution is 2.22. The van der Waals surface area contributed by atoms with Crippen molar-refractivity contribution in [1.29, 1.82) is 0 Å². The number of rotatable bonds is 4. The first-order valence-electron chi connectivity index (χ1n) is 7.18. The molecule has 0 aliphatic heterocycles. The summed E-state index contributed by atoms with van der Waals surface area (Å²) in [6, 6.07) is 11.6. The third-order valence-electron chi connectivity index (χ3n) is 2.99. The van der Waals surface area contributed by atoms with Gasteiger partial charge in [-0.3, -0.25) is 9.78 Å². The molecule has 0 fully saturated rings. The van der Waals surface area contributed by atoms with Crippen molar-refractivity contribution in [2.75, 3.05) is 7.11 Å². The summed E-state index contributed by atoms with van der Waals surface area (Å²) in [7, 11) is 1.64. The Labute approximate surface area is 131 Å². The molecule has 4 heteroatoms. The van der Waals surface area contributed by atoms with E-state index in [-0.39, 0.29) is 12.4 Å². The largest absolute Gasteiger partial charge is 0.497 e. The Morgan fingerprint density at radius 2 is 1.77 bits per heavy atom. The number of carbonyl (C=O) groups excluding carboxylic acids is 1. The Hall–Kier alpha value is -2.36. The van der Waals surface area contributed by atoms with Gasteiger partial charge in [-0.25, -0.2) is 0 Å².